The Labute approximate surface area is 193 Å². The molecule has 32 heavy (non-hydrogen) atoms. The van der Waals surface area contributed by atoms with Gasteiger partial charge in [-0.15, -0.1) is 0 Å². The van der Waals surface area contributed by atoms with Gasteiger partial charge in [-0.3, -0.25) is 9.48 Å². The third kappa shape index (κ3) is 4.38. The van der Waals surface area contributed by atoms with Crippen molar-refractivity contribution in [1.82, 2.24) is 24.4 Å². The van der Waals surface area contributed by atoms with Crippen molar-refractivity contribution in [3.8, 4) is 0 Å². The molecule has 0 aliphatic carbocycles. The zero-order valence-electron chi connectivity index (χ0n) is 16.1. The molecule has 1 aromatic carbocycles. The van der Waals surface area contributed by atoms with Crippen molar-refractivity contribution < 1.29 is 18.0 Å². The number of hydrogen-bond acceptors (Lipinski definition) is 4. The summed E-state index contributed by atoms with van der Waals surface area (Å²) in [5, 5.41) is 11.1. The molecule has 0 bridgehead atoms. The van der Waals surface area contributed by atoms with Crippen LogP contribution in [0.4, 0.5) is 19.0 Å². The Morgan fingerprint density at radius 1 is 1.12 bits per heavy atom. The van der Waals surface area contributed by atoms with Crippen LogP contribution in [0.3, 0.4) is 0 Å². The molecule has 1 amide bonds. The second-order valence-electron chi connectivity index (χ2n) is 6.77. The Morgan fingerprint density at radius 2 is 1.88 bits per heavy atom. The number of alkyl halides is 3. The van der Waals surface area contributed by atoms with Gasteiger partial charge >= 0.3 is 6.18 Å². The van der Waals surface area contributed by atoms with Crippen molar-refractivity contribution in [2.45, 2.75) is 19.6 Å². The number of nitrogens with zero attached hydrogens (tertiary/aromatic N) is 5. The van der Waals surface area contributed by atoms with Gasteiger partial charge in [-0.05, 0) is 30.7 Å². The number of halogens is 6. The van der Waals surface area contributed by atoms with E-state index in [1.165, 1.54) is 17.7 Å². The normalized spacial score (nSPS) is 11.8. The second-order valence-corrected chi connectivity index (χ2v) is 7.99. The van der Waals surface area contributed by atoms with E-state index in [0.717, 1.165) is 11.6 Å². The number of rotatable bonds is 4. The highest BCUT2D eigenvalue weighted by Crippen LogP contribution is 2.32. The van der Waals surface area contributed by atoms with E-state index in [9.17, 15) is 18.0 Å². The van der Waals surface area contributed by atoms with Gasteiger partial charge in [-0.2, -0.15) is 23.4 Å². The van der Waals surface area contributed by atoms with Crippen LogP contribution in [0.5, 0.6) is 0 Å². The highest BCUT2D eigenvalue weighted by Gasteiger charge is 2.36. The van der Waals surface area contributed by atoms with Crippen LogP contribution in [0, 0.1) is 6.92 Å². The van der Waals surface area contributed by atoms with Gasteiger partial charge < -0.3 is 5.32 Å². The Morgan fingerprint density at radius 3 is 2.56 bits per heavy atom. The molecule has 0 atom stereocenters. The molecule has 166 valence electrons. The Balaban J connectivity index is 1.59. The smallest absolute Gasteiger partial charge is 0.304 e. The predicted octanol–water partition coefficient (Wildman–Crippen LogP) is 5.51. The van der Waals surface area contributed by atoms with Gasteiger partial charge in [0.05, 0.1) is 6.54 Å². The van der Waals surface area contributed by atoms with Crippen LogP contribution in [-0.4, -0.2) is 30.3 Å². The van der Waals surface area contributed by atoms with Crippen molar-refractivity contribution in [3.05, 3.63) is 74.2 Å². The van der Waals surface area contributed by atoms with E-state index < -0.39 is 23.5 Å². The number of fused-ring (bicyclic) bond motifs is 1. The Hall–Kier alpha value is -2.82. The molecular weight excluding hydrogens is 492 g/mol. The third-order valence-electron chi connectivity index (χ3n) is 4.40. The number of carbonyl (C=O) groups is 1. The summed E-state index contributed by atoms with van der Waals surface area (Å²) in [7, 11) is 0. The van der Waals surface area contributed by atoms with Gasteiger partial charge in [0.25, 0.3) is 5.91 Å². The molecule has 0 aliphatic heterocycles. The number of amides is 1. The first-order chi connectivity index (χ1) is 15.0. The molecule has 0 spiro atoms. The van der Waals surface area contributed by atoms with Crippen LogP contribution in [0.2, 0.25) is 15.1 Å². The van der Waals surface area contributed by atoms with E-state index in [0.29, 0.717) is 21.1 Å². The van der Waals surface area contributed by atoms with E-state index in [-0.39, 0.29) is 22.2 Å². The number of carbonyl (C=O) groups excluding carboxylic acids is 1. The average molecular weight is 504 g/mol. The van der Waals surface area contributed by atoms with E-state index in [2.05, 4.69) is 20.5 Å². The lowest BCUT2D eigenvalue weighted by Crippen LogP contribution is -2.16. The number of anilines is 1. The summed E-state index contributed by atoms with van der Waals surface area (Å²) in [4.78, 5) is 16.6. The molecule has 4 aromatic rings. The molecular formula is C19H12Cl3F3N6O. The Bertz CT molecular complexity index is 1350. The minimum atomic E-state index is -4.71. The van der Waals surface area contributed by atoms with Crippen LogP contribution in [-0.2, 0) is 12.7 Å². The van der Waals surface area contributed by atoms with Crippen LogP contribution < -0.4 is 5.32 Å². The monoisotopic (exact) mass is 502 g/mol. The molecule has 0 saturated heterocycles. The van der Waals surface area contributed by atoms with E-state index in [4.69, 9.17) is 34.8 Å². The van der Waals surface area contributed by atoms with Gasteiger partial charge in [-0.25, -0.2) is 9.50 Å². The SMILES string of the molecule is Cc1cc(C(F)(F)F)n2nc(C(=O)Nc3ccn(Cc4ccc(Cl)cc4Cl)n3)c(Cl)c2n1. The molecule has 0 fully saturated rings. The number of nitrogens with one attached hydrogen (secondary N) is 1. The fraction of sp³-hybridized carbons (Fsp3) is 0.158. The van der Waals surface area contributed by atoms with Crippen molar-refractivity contribution in [2.75, 3.05) is 5.32 Å². The summed E-state index contributed by atoms with van der Waals surface area (Å²) in [5.41, 5.74) is -0.942. The lowest BCUT2D eigenvalue weighted by atomic mass is 10.2. The van der Waals surface area contributed by atoms with Gasteiger partial charge in [0, 0.05) is 28.0 Å². The second kappa shape index (κ2) is 8.27. The first-order valence-electron chi connectivity index (χ1n) is 8.95. The van der Waals surface area contributed by atoms with Crippen molar-refractivity contribution >= 4 is 52.2 Å². The standard InChI is InChI=1S/C19H12Cl3F3N6O/c1-9-6-13(19(23,24)25)31-17(26-9)15(22)16(29-31)18(32)27-14-4-5-30(28-14)8-10-2-3-11(20)7-12(10)21/h2-7H,8H2,1H3,(H,27,28,32). The van der Waals surface area contributed by atoms with Crippen LogP contribution in [0.25, 0.3) is 5.65 Å². The molecule has 0 unspecified atom stereocenters. The predicted molar refractivity (Wildman–Crippen MR) is 113 cm³/mol. The summed E-state index contributed by atoms with van der Waals surface area (Å²) >= 11 is 18.2. The summed E-state index contributed by atoms with van der Waals surface area (Å²) in [6.45, 7) is 1.69. The van der Waals surface area contributed by atoms with Crippen molar-refractivity contribution in [2.24, 2.45) is 0 Å². The quantitative estimate of drug-likeness (QED) is 0.398. The maximum absolute atomic E-state index is 13.4. The third-order valence-corrected chi connectivity index (χ3v) is 5.33. The maximum atomic E-state index is 13.4. The Kier molecular flexibility index (Phi) is 5.78. The highest BCUT2D eigenvalue weighted by atomic mass is 35.5. The molecule has 3 aromatic heterocycles. The van der Waals surface area contributed by atoms with Crippen molar-refractivity contribution in [3.63, 3.8) is 0 Å². The lowest BCUT2D eigenvalue weighted by Gasteiger charge is -2.09. The topological polar surface area (TPSA) is 77.1 Å². The van der Waals surface area contributed by atoms with Gasteiger partial charge in [0.1, 0.15) is 10.7 Å². The fourth-order valence-corrected chi connectivity index (χ4v) is 3.69. The lowest BCUT2D eigenvalue weighted by molar-refractivity contribution is -0.142. The molecule has 1 N–H and O–H groups in total. The van der Waals surface area contributed by atoms with Crippen LogP contribution in [0.1, 0.15) is 27.4 Å². The zero-order chi connectivity index (χ0) is 23.2. The summed E-state index contributed by atoms with van der Waals surface area (Å²) in [5.74, 6) is -0.686. The number of hydrogen-bond donors (Lipinski definition) is 1. The van der Waals surface area contributed by atoms with E-state index in [1.54, 1.807) is 24.4 Å². The fourth-order valence-electron chi connectivity index (χ4n) is 2.98. The maximum Gasteiger partial charge on any atom is 0.433 e. The molecule has 0 aliphatic rings. The summed E-state index contributed by atoms with van der Waals surface area (Å²) in [6.07, 6.45) is -3.12. The molecule has 0 saturated carbocycles. The molecule has 4 rings (SSSR count). The molecule has 0 radical (unpaired) electrons. The molecule has 3 heterocycles. The highest BCUT2D eigenvalue weighted by molar-refractivity contribution is 6.37. The first-order valence-corrected chi connectivity index (χ1v) is 10.1. The molecule has 13 heteroatoms. The summed E-state index contributed by atoms with van der Waals surface area (Å²) < 4.78 is 42.1. The zero-order valence-corrected chi connectivity index (χ0v) is 18.4. The first kappa shape index (κ1) is 22.4. The number of aryl methyl sites for hydroxylation is 1. The molecule has 7 nitrogen and oxygen atoms in total. The summed E-state index contributed by atoms with van der Waals surface area (Å²) in [6, 6.07) is 7.36. The minimum Gasteiger partial charge on any atom is -0.304 e. The largest absolute Gasteiger partial charge is 0.433 e. The average Bonchev–Trinajstić information content (AvgIpc) is 3.27. The van der Waals surface area contributed by atoms with Crippen LogP contribution in [0.15, 0.2) is 36.5 Å². The van der Waals surface area contributed by atoms with Gasteiger partial charge in [0.2, 0.25) is 0 Å². The minimum absolute atomic E-state index is 0.0817. The van der Waals surface area contributed by atoms with Crippen molar-refractivity contribution in [1.29, 1.82) is 0 Å². The van der Waals surface area contributed by atoms with Gasteiger partial charge in [0.15, 0.2) is 17.2 Å². The van der Waals surface area contributed by atoms with E-state index in [1.807, 2.05) is 0 Å². The van der Waals surface area contributed by atoms with E-state index >= 15 is 0 Å². The number of aromatic nitrogens is 5. The number of benzene rings is 1. The van der Waals surface area contributed by atoms with Crippen LogP contribution >= 0.6 is 34.8 Å². The van der Waals surface area contributed by atoms with Gasteiger partial charge in [-0.1, -0.05) is 40.9 Å².